The van der Waals surface area contributed by atoms with Gasteiger partial charge in [-0.3, -0.25) is 4.98 Å². The van der Waals surface area contributed by atoms with Gasteiger partial charge in [0.05, 0.1) is 16.2 Å². The molecule has 30 heavy (non-hydrogen) atoms. The van der Waals surface area contributed by atoms with E-state index in [1.54, 1.807) is 32.4 Å². The van der Waals surface area contributed by atoms with Crippen LogP contribution in [0.5, 0.6) is 0 Å². The largest absolute Gasteiger partial charge is 0.382 e. The molecular formula is C23H28ClN5O. The van der Waals surface area contributed by atoms with Gasteiger partial charge in [-0.15, -0.1) is 0 Å². The number of hydrogen-bond donors (Lipinski definition) is 3. The topological polar surface area (TPSA) is 83.0 Å². The lowest BCUT2D eigenvalue weighted by Crippen LogP contribution is -2.38. The Bertz CT molecular complexity index is 1030. The van der Waals surface area contributed by atoms with Crippen molar-refractivity contribution in [2.24, 2.45) is 5.92 Å². The standard InChI is InChI=1S/C23H28ClN5O/c1-14(16-5-4-8-25-10-16)29-21-18-9-15(6-7-20(18)26-13-19(21)24)17-11-27-22(28-12-17)23(2,3)30/h6-7,9,11-14,16,25,30H,4-5,8,10H2,1-3H3,(H,26,29)/t14-,16?/m1/s1. The van der Waals surface area contributed by atoms with Gasteiger partial charge in [-0.05, 0) is 70.3 Å². The van der Waals surface area contributed by atoms with E-state index >= 15 is 0 Å². The number of aliphatic hydroxyl groups is 1. The Morgan fingerprint density at radius 1 is 1.17 bits per heavy atom. The molecule has 1 aliphatic heterocycles. The van der Waals surface area contributed by atoms with Crippen molar-refractivity contribution in [2.75, 3.05) is 18.4 Å². The van der Waals surface area contributed by atoms with Crippen molar-refractivity contribution in [3.8, 4) is 11.1 Å². The van der Waals surface area contributed by atoms with E-state index in [0.717, 1.165) is 40.8 Å². The zero-order chi connectivity index (χ0) is 21.3. The second-order valence-electron chi connectivity index (χ2n) is 8.61. The lowest BCUT2D eigenvalue weighted by molar-refractivity contribution is 0.0687. The zero-order valence-electron chi connectivity index (χ0n) is 17.6. The summed E-state index contributed by atoms with van der Waals surface area (Å²) in [6.45, 7) is 7.68. The van der Waals surface area contributed by atoms with Crippen LogP contribution in [-0.4, -0.2) is 39.2 Å². The number of pyridine rings is 1. The fourth-order valence-corrected chi connectivity index (χ4v) is 4.14. The van der Waals surface area contributed by atoms with Crippen LogP contribution in [0.15, 0.2) is 36.8 Å². The highest BCUT2D eigenvalue weighted by Gasteiger charge is 2.22. The fourth-order valence-electron chi connectivity index (χ4n) is 3.94. The Morgan fingerprint density at radius 3 is 2.60 bits per heavy atom. The van der Waals surface area contributed by atoms with Gasteiger partial charge in [-0.2, -0.15) is 0 Å². The molecule has 0 bridgehead atoms. The molecule has 158 valence electrons. The summed E-state index contributed by atoms with van der Waals surface area (Å²) in [6.07, 6.45) is 7.59. The molecule has 4 rings (SSSR count). The molecular weight excluding hydrogens is 398 g/mol. The first-order valence-electron chi connectivity index (χ1n) is 10.4. The van der Waals surface area contributed by atoms with Crippen molar-refractivity contribution >= 4 is 28.2 Å². The number of benzene rings is 1. The van der Waals surface area contributed by atoms with Crippen molar-refractivity contribution in [1.82, 2.24) is 20.3 Å². The summed E-state index contributed by atoms with van der Waals surface area (Å²) in [5.41, 5.74) is 2.58. The molecule has 1 saturated heterocycles. The average molecular weight is 426 g/mol. The van der Waals surface area contributed by atoms with Crippen molar-refractivity contribution in [3.63, 3.8) is 0 Å². The molecule has 0 radical (unpaired) electrons. The van der Waals surface area contributed by atoms with E-state index in [4.69, 9.17) is 11.6 Å². The molecule has 0 aliphatic carbocycles. The molecule has 1 aromatic carbocycles. The van der Waals surface area contributed by atoms with Crippen LogP contribution in [0.4, 0.5) is 5.69 Å². The minimum absolute atomic E-state index is 0.291. The van der Waals surface area contributed by atoms with Crippen LogP contribution in [0.25, 0.3) is 22.0 Å². The number of halogens is 1. The van der Waals surface area contributed by atoms with E-state index in [2.05, 4.69) is 38.6 Å². The first-order valence-corrected chi connectivity index (χ1v) is 10.8. The van der Waals surface area contributed by atoms with Crippen LogP contribution >= 0.6 is 11.6 Å². The minimum Gasteiger partial charge on any atom is -0.382 e. The second-order valence-corrected chi connectivity index (χ2v) is 9.01. The third-order valence-corrected chi connectivity index (χ3v) is 6.05. The number of nitrogens with one attached hydrogen (secondary N) is 2. The van der Waals surface area contributed by atoms with Crippen molar-refractivity contribution < 1.29 is 5.11 Å². The monoisotopic (exact) mass is 425 g/mol. The van der Waals surface area contributed by atoms with Crippen LogP contribution in [0.1, 0.15) is 39.4 Å². The third-order valence-electron chi connectivity index (χ3n) is 5.77. The number of piperidine rings is 1. The highest BCUT2D eigenvalue weighted by Crippen LogP contribution is 2.34. The molecule has 3 aromatic rings. The molecule has 2 aromatic heterocycles. The zero-order valence-corrected chi connectivity index (χ0v) is 18.4. The molecule has 2 atom stereocenters. The molecule has 0 spiro atoms. The number of anilines is 1. The predicted octanol–water partition coefficient (Wildman–Crippen LogP) is 4.37. The predicted molar refractivity (Wildman–Crippen MR) is 122 cm³/mol. The molecule has 1 fully saturated rings. The van der Waals surface area contributed by atoms with E-state index in [0.29, 0.717) is 22.8 Å². The first kappa shape index (κ1) is 21.0. The summed E-state index contributed by atoms with van der Waals surface area (Å²) in [6, 6.07) is 6.36. The smallest absolute Gasteiger partial charge is 0.159 e. The maximum absolute atomic E-state index is 10.1. The third kappa shape index (κ3) is 4.41. The average Bonchev–Trinajstić information content (AvgIpc) is 2.75. The summed E-state index contributed by atoms with van der Waals surface area (Å²) >= 11 is 6.56. The van der Waals surface area contributed by atoms with Crippen molar-refractivity contribution in [1.29, 1.82) is 0 Å². The Labute approximate surface area is 182 Å². The maximum Gasteiger partial charge on any atom is 0.159 e. The van der Waals surface area contributed by atoms with E-state index in [1.807, 2.05) is 12.1 Å². The van der Waals surface area contributed by atoms with Gasteiger partial charge in [0.1, 0.15) is 5.60 Å². The summed E-state index contributed by atoms with van der Waals surface area (Å²) in [5.74, 6) is 0.956. The highest BCUT2D eigenvalue weighted by molar-refractivity contribution is 6.34. The normalized spacial score (nSPS) is 18.4. The summed E-state index contributed by atoms with van der Waals surface area (Å²) in [4.78, 5) is 13.2. The van der Waals surface area contributed by atoms with E-state index in [9.17, 15) is 5.11 Å². The van der Waals surface area contributed by atoms with Gasteiger partial charge in [0.25, 0.3) is 0 Å². The highest BCUT2D eigenvalue weighted by atomic mass is 35.5. The van der Waals surface area contributed by atoms with Crippen LogP contribution in [0.3, 0.4) is 0 Å². The maximum atomic E-state index is 10.1. The first-order chi connectivity index (χ1) is 14.3. The quantitative estimate of drug-likeness (QED) is 0.563. The van der Waals surface area contributed by atoms with Crippen LogP contribution in [-0.2, 0) is 5.60 Å². The summed E-state index contributed by atoms with van der Waals surface area (Å²) < 4.78 is 0. The van der Waals surface area contributed by atoms with Crippen LogP contribution < -0.4 is 10.6 Å². The molecule has 1 unspecified atom stereocenters. The van der Waals surface area contributed by atoms with Gasteiger partial charge in [0, 0.05) is 35.6 Å². The molecule has 0 saturated carbocycles. The summed E-state index contributed by atoms with van der Waals surface area (Å²) in [5, 5.41) is 18.8. The number of aromatic nitrogens is 3. The van der Waals surface area contributed by atoms with Gasteiger partial charge in [0.15, 0.2) is 5.82 Å². The Morgan fingerprint density at radius 2 is 1.93 bits per heavy atom. The van der Waals surface area contributed by atoms with Gasteiger partial charge >= 0.3 is 0 Å². The molecule has 3 N–H and O–H groups in total. The number of rotatable bonds is 5. The van der Waals surface area contributed by atoms with E-state index in [-0.39, 0.29) is 0 Å². The van der Waals surface area contributed by atoms with Gasteiger partial charge in [0.2, 0.25) is 0 Å². The van der Waals surface area contributed by atoms with Crippen molar-refractivity contribution in [2.45, 2.75) is 45.3 Å². The molecule has 0 amide bonds. The van der Waals surface area contributed by atoms with Crippen LogP contribution in [0, 0.1) is 5.92 Å². The second kappa shape index (κ2) is 8.46. The molecule has 6 nitrogen and oxygen atoms in total. The lowest BCUT2D eigenvalue weighted by atomic mass is 9.92. The van der Waals surface area contributed by atoms with Gasteiger partial charge in [-0.25, -0.2) is 9.97 Å². The molecule has 3 heterocycles. The van der Waals surface area contributed by atoms with Gasteiger partial charge in [-0.1, -0.05) is 17.7 Å². The Hall–Kier alpha value is -2.28. The molecule has 1 aliphatic rings. The SMILES string of the molecule is C[C@@H](Nc1c(Cl)cnc2ccc(-c3cnc(C(C)(C)O)nc3)cc12)C1CCCNC1. The lowest BCUT2D eigenvalue weighted by Gasteiger charge is -2.30. The molecule has 7 heteroatoms. The number of fused-ring (bicyclic) bond motifs is 1. The van der Waals surface area contributed by atoms with Crippen molar-refractivity contribution in [3.05, 3.63) is 47.6 Å². The minimum atomic E-state index is -1.07. The number of nitrogens with zero attached hydrogens (tertiary/aromatic N) is 3. The van der Waals surface area contributed by atoms with Crippen LogP contribution in [0.2, 0.25) is 5.02 Å². The fraction of sp³-hybridized carbons (Fsp3) is 0.435. The van der Waals surface area contributed by atoms with E-state index in [1.165, 1.54) is 12.8 Å². The van der Waals surface area contributed by atoms with E-state index < -0.39 is 5.60 Å². The number of hydrogen-bond acceptors (Lipinski definition) is 6. The summed E-state index contributed by atoms with van der Waals surface area (Å²) in [7, 11) is 0. The Kier molecular flexibility index (Phi) is 5.91. The Balaban J connectivity index is 1.68. The van der Waals surface area contributed by atoms with Gasteiger partial charge < -0.3 is 15.7 Å².